The Kier molecular flexibility index (Phi) is 5.27. The third kappa shape index (κ3) is 2.49. The summed E-state index contributed by atoms with van der Waals surface area (Å²) in [5, 5.41) is 0. The van der Waals surface area contributed by atoms with Crippen molar-refractivity contribution in [3.8, 4) is 0 Å². The van der Waals surface area contributed by atoms with E-state index < -0.39 is 0 Å². The maximum atomic E-state index is 11.3. The summed E-state index contributed by atoms with van der Waals surface area (Å²) >= 11 is 0. The number of carbonyl (C=O) groups is 1. The lowest BCUT2D eigenvalue weighted by Crippen LogP contribution is -2.05. The van der Waals surface area contributed by atoms with Crippen molar-refractivity contribution in [3.63, 3.8) is 0 Å². The Morgan fingerprint density at radius 1 is 1.64 bits per heavy atom. The van der Waals surface area contributed by atoms with Crippen molar-refractivity contribution >= 4 is 18.4 Å². The van der Waals surface area contributed by atoms with Crippen LogP contribution >= 0.6 is 12.4 Å². The summed E-state index contributed by atoms with van der Waals surface area (Å²) in [6.07, 6.45) is 1.63. The van der Waals surface area contributed by atoms with Gasteiger partial charge in [0.25, 0.3) is 0 Å². The Hall–Kier alpha value is -1.00. The summed E-state index contributed by atoms with van der Waals surface area (Å²) in [5.74, 6) is -0.295. The van der Waals surface area contributed by atoms with Crippen LogP contribution in [0.25, 0.3) is 0 Å². The minimum absolute atomic E-state index is 0. The second-order valence-corrected chi connectivity index (χ2v) is 2.73. The molecule has 1 aromatic heterocycles. The third-order valence-electron chi connectivity index (χ3n) is 1.95. The van der Waals surface area contributed by atoms with E-state index in [1.165, 1.54) is 0 Å². The fourth-order valence-corrected chi connectivity index (χ4v) is 1.17. The number of aromatic amines is 1. The highest BCUT2D eigenvalue weighted by molar-refractivity contribution is 5.91. The molecule has 0 amide bonds. The first-order chi connectivity index (χ1) is 6.20. The number of esters is 1. The molecule has 0 aliphatic carbocycles. The molecule has 5 heteroatoms. The largest absolute Gasteiger partial charge is 0.462 e. The number of nitrogens with one attached hydrogen (secondary N) is 1. The van der Waals surface area contributed by atoms with E-state index in [1.54, 1.807) is 13.1 Å². The summed E-state index contributed by atoms with van der Waals surface area (Å²) in [6, 6.07) is 0. The number of hydrogen-bond donors (Lipinski definition) is 2. The number of H-pyrrole nitrogens is 1. The third-order valence-corrected chi connectivity index (χ3v) is 1.95. The molecule has 1 aromatic rings. The quantitative estimate of drug-likeness (QED) is 0.754. The van der Waals surface area contributed by atoms with Gasteiger partial charge in [-0.15, -0.1) is 12.4 Å². The lowest BCUT2D eigenvalue weighted by Gasteiger charge is -2.00. The first-order valence-electron chi connectivity index (χ1n) is 4.24. The monoisotopic (exact) mass is 218 g/mol. The van der Waals surface area contributed by atoms with Crippen molar-refractivity contribution in [3.05, 3.63) is 23.0 Å². The van der Waals surface area contributed by atoms with Crippen LogP contribution in [0.2, 0.25) is 0 Å². The first-order valence-corrected chi connectivity index (χ1v) is 4.24. The fraction of sp³-hybridized carbons (Fsp3) is 0.444. The van der Waals surface area contributed by atoms with Gasteiger partial charge in [0.15, 0.2) is 0 Å². The van der Waals surface area contributed by atoms with Gasteiger partial charge in [0, 0.05) is 18.4 Å². The highest BCUT2D eigenvalue weighted by Crippen LogP contribution is 2.13. The second kappa shape index (κ2) is 5.67. The van der Waals surface area contributed by atoms with Crippen LogP contribution in [0.15, 0.2) is 6.20 Å². The topological polar surface area (TPSA) is 68.1 Å². The van der Waals surface area contributed by atoms with Gasteiger partial charge in [0.05, 0.1) is 12.2 Å². The number of aromatic nitrogens is 1. The zero-order chi connectivity index (χ0) is 9.84. The molecule has 4 nitrogen and oxygen atoms in total. The molecule has 0 aliphatic rings. The zero-order valence-electron chi connectivity index (χ0n) is 8.29. The summed E-state index contributed by atoms with van der Waals surface area (Å²) in [7, 11) is 0. The predicted octanol–water partition coefficient (Wildman–Crippen LogP) is 1.38. The average molecular weight is 219 g/mol. The molecule has 0 saturated heterocycles. The van der Waals surface area contributed by atoms with Gasteiger partial charge < -0.3 is 15.5 Å². The molecule has 3 N–H and O–H groups in total. The van der Waals surface area contributed by atoms with Gasteiger partial charge in [-0.1, -0.05) is 0 Å². The first kappa shape index (κ1) is 13.0. The molecule has 1 rings (SSSR count). The molecule has 1 heterocycles. The van der Waals surface area contributed by atoms with E-state index in [1.807, 2.05) is 6.92 Å². The number of nitrogens with two attached hydrogens (primary N) is 1. The SMILES string of the molecule is CCOC(=O)c1c[nH]c(CN)c1C.Cl. The van der Waals surface area contributed by atoms with Crippen molar-refractivity contribution in [1.82, 2.24) is 4.98 Å². The summed E-state index contributed by atoms with van der Waals surface area (Å²) in [6.45, 7) is 4.43. The molecule has 0 unspecified atom stereocenters. The number of hydrogen-bond acceptors (Lipinski definition) is 3. The van der Waals surface area contributed by atoms with Crippen LogP contribution < -0.4 is 5.73 Å². The van der Waals surface area contributed by atoms with E-state index in [-0.39, 0.29) is 18.4 Å². The van der Waals surface area contributed by atoms with E-state index >= 15 is 0 Å². The summed E-state index contributed by atoms with van der Waals surface area (Å²) < 4.78 is 4.87. The lowest BCUT2D eigenvalue weighted by molar-refractivity contribution is 0.0526. The maximum absolute atomic E-state index is 11.3. The minimum atomic E-state index is -0.295. The maximum Gasteiger partial charge on any atom is 0.339 e. The van der Waals surface area contributed by atoms with Gasteiger partial charge in [0.2, 0.25) is 0 Å². The smallest absolute Gasteiger partial charge is 0.339 e. The van der Waals surface area contributed by atoms with E-state index in [0.717, 1.165) is 11.3 Å². The van der Waals surface area contributed by atoms with Crippen molar-refractivity contribution < 1.29 is 9.53 Å². The van der Waals surface area contributed by atoms with Gasteiger partial charge in [0.1, 0.15) is 0 Å². The van der Waals surface area contributed by atoms with Crippen molar-refractivity contribution in [2.75, 3.05) is 6.61 Å². The number of halogens is 1. The van der Waals surface area contributed by atoms with Gasteiger partial charge in [-0.25, -0.2) is 4.79 Å². The fourth-order valence-electron chi connectivity index (χ4n) is 1.17. The molecule has 0 aliphatic heterocycles. The highest BCUT2D eigenvalue weighted by Gasteiger charge is 2.13. The van der Waals surface area contributed by atoms with Crippen LogP contribution in [-0.4, -0.2) is 17.6 Å². The number of ether oxygens (including phenoxy) is 1. The van der Waals surface area contributed by atoms with Crippen LogP contribution in [0.1, 0.15) is 28.5 Å². The van der Waals surface area contributed by atoms with E-state index in [0.29, 0.717) is 18.7 Å². The van der Waals surface area contributed by atoms with Crippen molar-refractivity contribution in [2.24, 2.45) is 5.73 Å². The molecule has 0 spiro atoms. The molecular formula is C9H15ClN2O2. The Morgan fingerprint density at radius 2 is 2.29 bits per heavy atom. The molecule has 0 bridgehead atoms. The van der Waals surface area contributed by atoms with E-state index in [9.17, 15) is 4.79 Å². The molecule has 0 saturated carbocycles. The van der Waals surface area contributed by atoms with Crippen LogP contribution in [0.3, 0.4) is 0 Å². The molecular weight excluding hydrogens is 204 g/mol. The number of carbonyl (C=O) groups excluding carboxylic acids is 1. The predicted molar refractivity (Wildman–Crippen MR) is 56.6 cm³/mol. The van der Waals surface area contributed by atoms with Crippen LogP contribution in [0, 0.1) is 6.92 Å². The Bertz CT molecular complexity index is 310. The highest BCUT2D eigenvalue weighted by atomic mass is 35.5. The standard InChI is InChI=1S/C9H14N2O2.ClH/c1-3-13-9(12)7-5-11-8(4-10)6(7)2;/h5,11H,3-4,10H2,1-2H3;1H. The minimum Gasteiger partial charge on any atom is -0.462 e. The molecule has 14 heavy (non-hydrogen) atoms. The van der Waals surface area contributed by atoms with Crippen LogP contribution in [-0.2, 0) is 11.3 Å². The van der Waals surface area contributed by atoms with Gasteiger partial charge in [-0.05, 0) is 19.4 Å². The van der Waals surface area contributed by atoms with E-state index in [2.05, 4.69) is 4.98 Å². The average Bonchev–Trinajstić information content (AvgIpc) is 2.47. The molecule has 0 radical (unpaired) electrons. The summed E-state index contributed by atoms with van der Waals surface area (Å²) in [4.78, 5) is 14.2. The molecule has 0 atom stereocenters. The summed E-state index contributed by atoms with van der Waals surface area (Å²) in [5.41, 5.74) is 7.78. The van der Waals surface area contributed by atoms with Gasteiger partial charge in [-0.3, -0.25) is 0 Å². The zero-order valence-corrected chi connectivity index (χ0v) is 9.11. The van der Waals surface area contributed by atoms with Crippen LogP contribution in [0.4, 0.5) is 0 Å². The van der Waals surface area contributed by atoms with Crippen LogP contribution in [0.5, 0.6) is 0 Å². The Balaban J connectivity index is 0.00000169. The van der Waals surface area contributed by atoms with Gasteiger partial charge >= 0.3 is 5.97 Å². The Morgan fingerprint density at radius 3 is 2.71 bits per heavy atom. The number of rotatable bonds is 3. The molecule has 80 valence electrons. The lowest BCUT2D eigenvalue weighted by atomic mass is 10.2. The molecule has 0 aromatic carbocycles. The normalized spacial score (nSPS) is 9.36. The van der Waals surface area contributed by atoms with Crippen molar-refractivity contribution in [2.45, 2.75) is 20.4 Å². The van der Waals surface area contributed by atoms with Gasteiger partial charge in [-0.2, -0.15) is 0 Å². The molecule has 0 fully saturated rings. The van der Waals surface area contributed by atoms with E-state index in [4.69, 9.17) is 10.5 Å². The second-order valence-electron chi connectivity index (χ2n) is 2.73. The van der Waals surface area contributed by atoms with Crippen molar-refractivity contribution in [1.29, 1.82) is 0 Å². The Labute approximate surface area is 89.2 Å².